The van der Waals surface area contributed by atoms with Gasteiger partial charge in [0.05, 0.1) is 26.5 Å². The fourth-order valence-corrected chi connectivity index (χ4v) is 3.79. The monoisotopic (exact) mass is 418 g/mol. The van der Waals surface area contributed by atoms with Crippen LogP contribution in [0.3, 0.4) is 0 Å². The molecule has 1 fully saturated rings. The first kappa shape index (κ1) is 18.7. The van der Waals surface area contributed by atoms with E-state index in [1.54, 1.807) is 14.2 Å². The first-order valence-electron chi connectivity index (χ1n) is 8.62. The Labute approximate surface area is 162 Å². The van der Waals surface area contributed by atoms with Gasteiger partial charge in [0, 0.05) is 16.1 Å². The Balaban J connectivity index is 1.74. The molecule has 1 N–H and O–H groups in total. The van der Waals surface area contributed by atoms with Crippen molar-refractivity contribution in [1.29, 1.82) is 0 Å². The Bertz CT molecular complexity index is 781. The Hall–Kier alpha value is -2.05. The molecule has 0 aromatic heterocycles. The van der Waals surface area contributed by atoms with Gasteiger partial charge in [-0.2, -0.15) is 0 Å². The van der Waals surface area contributed by atoms with Crippen molar-refractivity contribution >= 4 is 27.5 Å². The van der Waals surface area contributed by atoms with Crippen molar-refractivity contribution in [3.8, 4) is 11.5 Å². The molecule has 1 aliphatic rings. The van der Waals surface area contributed by atoms with E-state index in [2.05, 4.69) is 26.1 Å². The Kier molecular flexibility index (Phi) is 6.16. The van der Waals surface area contributed by atoms with Gasteiger partial charge < -0.3 is 14.8 Å². The van der Waals surface area contributed by atoms with E-state index in [-0.39, 0.29) is 11.9 Å². The molecule has 0 aliphatic carbocycles. The molecular weight excluding hydrogens is 396 g/mol. The van der Waals surface area contributed by atoms with Gasteiger partial charge in [0.15, 0.2) is 0 Å². The van der Waals surface area contributed by atoms with Gasteiger partial charge in [-0.3, -0.25) is 9.69 Å². The van der Waals surface area contributed by atoms with Gasteiger partial charge in [-0.05, 0) is 65.6 Å². The molecule has 1 amide bonds. The molecule has 5 nitrogen and oxygen atoms in total. The standard InChI is InChI=1S/C20H23BrN2O3/c1-25-14-9-10-19(26-2)15(12-14)18-8-5-11-23(18)13-20(24)22-17-7-4-3-6-16(17)21/h3-4,6-7,9-10,12,18H,5,8,11,13H2,1-2H3,(H,22,24). The highest BCUT2D eigenvalue weighted by Crippen LogP contribution is 2.38. The summed E-state index contributed by atoms with van der Waals surface area (Å²) >= 11 is 3.46. The third-order valence-electron chi connectivity index (χ3n) is 4.65. The van der Waals surface area contributed by atoms with E-state index in [4.69, 9.17) is 9.47 Å². The van der Waals surface area contributed by atoms with Crippen molar-refractivity contribution in [1.82, 2.24) is 4.90 Å². The summed E-state index contributed by atoms with van der Waals surface area (Å²) < 4.78 is 11.8. The third kappa shape index (κ3) is 4.19. The molecule has 138 valence electrons. The smallest absolute Gasteiger partial charge is 0.238 e. The van der Waals surface area contributed by atoms with Crippen LogP contribution in [-0.4, -0.2) is 38.1 Å². The van der Waals surface area contributed by atoms with Gasteiger partial charge in [0.25, 0.3) is 0 Å². The minimum absolute atomic E-state index is 0.0225. The first-order valence-corrected chi connectivity index (χ1v) is 9.42. The predicted molar refractivity (Wildman–Crippen MR) is 106 cm³/mol. The number of carbonyl (C=O) groups is 1. The molecule has 0 saturated carbocycles. The molecule has 6 heteroatoms. The van der Waals surface area contributed by atoms with E-state index in [0.29, 0.717) is 6.54 Å². The Morgan fingerprint density at radius 1 is 1.23 bits per heavy atom. The van der Waals surface area contributed by atoms with E-state index in [9.17, 15) is 4.79 Å². The van der Waals surface area contributed by atoms with Crippen LogP contribution in [0.25, 0.3) is 0 Å². The average molecular weight is 419 g/mol. The van der Waals surface area contributed by atoms with E-state index in [1.165, 1.54) is 0 Å². The molecule has 2 aromatic rings. The molecule has 26 heavy (non-hydrogen) atoms. The van der Waals surface area contributed by atoms with Gasteiger partial charge in [-0.25, -0.2) is 0 Å². The summed E-state index contributed by atoms with van der Waals surface area (Å²) in [6.07, 6.45) is 2.04. The second-order valence-electron chi connectivity index (χ2n) is 6.26. The highest BCUT2D eigenvalue weighted by molar-refractivity contribution is 9.10. The molecule has 1 unspecified atom stereocenters. The number of hydrogen-bond donors (Lipinski definition) is 1. The molecule has 1 atom stereocenters. The van der Waals surface area contributed by atoms with Crippen LogP contribution in [0, 0.1) is 0 Å². The molecule has 0 bridgehead atoms. The lowest BCUT2D eigenvalue weighted by molar-refractivity contribution is -0.117. The maximum absolute atomic E-state index is 12.5. The average Bonchev–Trinajstić information content (AvgIpc) is 3.10. The van der Waals surface area contributed by atoms with Crippen molar-refractivity contribution in [3.63, 3.8) is 0 Å². The van der Waals surface area contributed by atoms with Crippen LogP contribution in [0.15, 0.2) is 46.9 Å². The summed E-state index contributed by atoms with van der Waals surface area (Å²) in [6, 6.07) is 13.6. The van der Waals surface area contributed by atoms with E-state index in [1.807, 2.05) is 42.5 Å². The number of ether oxygens (including phenoxy) is 2. The van der Waals surface area contributed by atoms with Crippen molar-refractivity contribution < 1.29 is 14.3 Å². The van der Waals surface area contributed by atoms with Crippen LogP contribution < -0.4 is 14.8 Å². The first-order chi connectivity index (χ1) is 12.6. The summed E-state index contributed by atoms with van der Waals surface area (Å²) in [7, 11) is 3.33. The zero-order chi connectivity index (χ0) is 18.5. The van der Waals surface area contributed by atoms with E-state index in [0.717, 1.165) is 46.6 Å². The summed E-state index contributed by atoms with van der Waals surface area (Å²) in [5.74, 6) is 1.60. The second-order valence-corrected chi connectivity index (χ2v) is 7.12. The van der Waals surface area contributed by atoms with Crippen LogP contribution in [-0.2, 0) is 4.79 Å². The molecule has 0 spiro atoms. The van der Waals surface area contributed by atoms with Gasteiger partial charge in [0.1, 0.15) is 11.5 Å². The predicted octanol–water partition coefficient (Wildman–Crippen LogP) is 4.24. The SMILES string of the molecule is COc1ccc(OC)c(C2CCCN2CC(=O)Nc2ccccc2Br)c1. The topological polar surface area (TPSA) is 50.8 Å². The van der Waals surface area contributed by atoms with Crippen molar-refractivity contribution in [3.05, 3.63) is 52.5 Å². The largest absolute Gasteiger partial charge is 0.497 e. The number of hydrogen-bond acceptors (Lipinski definition) is 4. The number of benzene rings is 2. The lowest BCUT2D eigenvalue weighted by atomic mass is 10.0. The van der Waals surface area contributed by atoms with E-state index < -0.39 is 0 Å². The molecule has 0 radical (unpaired) electrons. The number of rotatable bonds is 6. The number of carbonyl (C=O) groups excluding carboxylic acids is 1. The highest BCUT2D eigenvalue weighted by atomic mass is 79.9. The summed E-state index contributed by atoms with van der Waals surface area (Å²) in [5.41, 5.74) is 1.85. The van der Waals surface area contributed by atoms with Crippen LogP contribution in [0.1, 0.15) is 24.4 Å². The van der Waals surface area contributed by atoms with Gasteiger partial charge in [0.2, 0.25) is 5.91 Å². The molecule has 1 saturated heterocycles. The minimum atomic E-state index is -0.0225. The van der Waals surface area contributed by atoms with Crippen LogP contribution in [0.2, 0.25) is 0 Å². The number of nitrogens with zero attached hydrogens (tertiary/aromatic N) is 1. The number of amides is 1. The van der Waals surface area contributed by atoms with Gasteiger partial charge in [-0.15, -0.1) is 0 Å². The van der Waals surface area contributed by atoms with Crippen molar-refractivity contribution in [2.24, 2.45) is 0 Å². The molecular formula is C20H23BrN2O3. The summed E-state index contributed by atoms with van der Waals surface area (Å²) in [4.78, 5) is 14.7. The zero-order valence-electron chi connectivity index (χ0n) is 15.0. The van der Waals surface area contributed by atoms with Crippen LogP contribution >= 0.6 is 15.9 Å². The minimum Gasteiger partial charge on any atom is -0.497 e. The summed E-state index contributed by atoms with van der Waals surface area (Å²) in [5, 5.41) is 2.98. The van der Waals surface area contributed by atoms with Gasteiger partial charge in [-0.1, -0.05) is 12.1 Å². The highest BCUT2D eigenvalue weighted by Gasteiger charge is 2.30. The lowest BCUT2D eigenvalue weighted by Gasteiger charge is -2.26. The fourth-order valence-electron chi connectivity index (χ4n) is 3.40. The van der Waals surface area contributed by atoms with E-state index >= 15 is 0 Å². The fraction of sp³-hybridized carbons (Fsp3) is 0.350. The number of methoxy groups -OCH3 is 2. The van der Waals surface area contributed by atoms with Crippen molar-refractivity contribution in [2.45, 2.75) is 18.9 Å². The number of nitrogens with one attached hydrogen (secondary N) is 1. The molecule has 3 rings (SSSR count). The summed E-state index contributed by atoms with van der Waals surface area (Å²) in [6.45, 7) is 1.22. The molecule has 1 aliphatic heterocycles. The second kappa shape index (κ2) is 8.56. The maximum Gasteiger partial charge on any atom is 0.238 e. The number of halogens is 1. The van der Waals surface area contributed by atoms with Gasteiger partial charge >= 0.3 is 0 Å². The zero-order valence-corrected chi connectivity index (χ0v) is 16.6. The molecule has 1 heterocycles. The van der Waals surface area contributed by atoms with Crippen molar-refractivity contribution in [2.75, 3.05) is 32.6 Å². The normalized spacial score (nSPS) is 17.1. The molecule has 2 aromatic carbocycles. The number of anilines is 1. The maximum atomic E-state index is 12.5. The Morgan fingerprint density at radius 2 is 2.04 bits per heavy atom. The number of para-hydroxylation sites is 1. The van der Waals surface area contributed by atoms with Crippen LogP contribution in [0.4, 0.5) is 5.69 Å². The van der Waals surface area contributed by atoms with Crippen LogP contribution in [0.5, 0.6) is 11.5 Å². The third-order valence-corrected chi connectivity index (χ3v) is 5.35. The quantitative estimate of drug-likeness (QED) is 0.761. The Morgan fingerprint density at radius 3 is 2.77 bits per heavy atom. The number of likely N-dealkylation sites (tertiary alicyclic amines) is 1. The lowest BCUT2D eigenvalue weighted by Crippen LogP contribution is -2.33.